The van der Waals surface area contributed by atoms with Crippen molar-refractivity contribution < 1.29 is 13.2 Å². The second kappa shape index (κ2) is 7.47. The number of rotatable bonds is 5. The van der Waals surface area contributed by atoms with Crippen LogP contribution in [0.5, 0.6) is 5.75 Å². The van der Waals surface area contributed by atoms with Crippen LogP contribution in [0.25, 0.3) is 0 Å². The predicted molar refractivity (Wildman–Crippen MR) is 102 cm³/mol. The van der Waals surface area contributed by atoms with E-state index in [2.05, 4.69) is 5.10 Å². The average Bonchev–Trinajstić information content (AvgIpc) is 2.97. The highest BCUT2D eigenvalue weighted by Crippen LogP contribution is 2.32. The van der Waals surface area contributed by atoms with Gasteiger partial charge in [-0.25, -0.2) is 17.9 Å². The molecule has 0 radical (unpaired) electrons. The molecule has 0 bridgehead atoms. The van der Waals surface area contributed by atoms with Crippen LogP contribution in [0.15, 0.2) is 34.0 Å². The number of hydrogen-bond donors (Lipinski definition) is 0. The number of piperidine rings is 1. The zero-order chi connectivity index (χ0) is 19.8. The van der Waals surface area contributed by atoms with Gasteiger partial charge in [-0.05, 0) is 38.8 Å². The summed E-state index contributed by atoms with van der Waals surface area (Å²) in [4.78, 5) is 12.5. The Kier molecular flexibility index (Phi) is 5.43. The molecule has 3 rings (SSSR count). The number of aromatic nitrogens is 3. The molecule has 1 unspecified atom stereocenters. The standard InChI is InChI=1S/C18H26N4O4S/c1-13(2)22-17(19-20(3)18(22)23)14-8-7-11-21(12-14)27(24,25)16-10-6-5-9-15(16)26-4/h5-6,9-10,13-14H,7-8,11-12H2,1-4H3. The maximum absolute atomic E-state index is 13.2. The van der Waals surface area contributed by atoms with Gasteiger partial charge < -0.3 is 4.74 Å². The SMILES string of the molecule is COc1ccccc1S(=O)(=O)N1CCCC(c2nn(C)c(=O)n2C(C)C)C1. The number of para-hydroxylation sites is 1. The summed E-state index contributed by atoms with van der Waals surface area (Å²) in [7, 11) is -0.613. The summed E-state index contributed by atoms with van der Waals surface area (Å²) in [6.45, 7) is 4.59. The van der Waals surface area contributed by atoms with Gasteiger partial charge >= 0.3 is 5.69 Å². The summed E-state index contributed by atoms with van der Waals surface area (Å²) in [5.74, 6) is 0.855. The van der Waals surface area contributed by atoms with E-state index in [4.69, 9.17) is 4.74 Å². The first kappa shape index (κ1) is 19.6. The molecule has 148 valence electrons. The van der Waals surface area contributed by atoms with Crippen molar-refractivity contribution in [2.24, 2.45) is 7.05 Å². The number of hydrogen-bond acceptors (Lipinski definition) is 5. The summed E-state index contributed by atoms with van der Waals surface area (Å²) < 4.78 is 36.1. The normalized spacial score (nSPS) is 18.8. The summed E-state index contributed by atoms with van der Waals surface area (Å²) in [6.07, 6.45) is 1.50. The zero-order valence-corrected chi connectivity index (χ0v) is 16.9. The molecule has 0 aliphatic carbocycles. The third-order valence-corrected chi connectivity index (χ3v) is 6.84. The Bertz CT molecular complexity index is 977. The summed E-state index contributed by atoms with van der Waals surface area (Å²) in [6, 6.07) is 6.59. The highest BCUT2D eigenvalue weighted by molar-refractivity contribution is 7.89. The first-order valence-electron chi connectivity index (χ1n) is 9.06. The van der Waals surface area contributed by atoms with E-state index in [-0.39, 0.29) is 22.5 Å². The van der Waals surface area contributed by atoms with Crippen molar-refractivity contribution in [1.29, 1.82) is 0 Å². The summed E-state index contributed by atoms with van der Waals surface area (Å²) in [5.41, 5.74) is -0.176. The number of ether oxygens (including phenoxy) is 1. The zero-order valence-electron chi connectivity index (χ0n) is 16.1. The summed E-state index contributed by atoms with van der Waals surface area (Å²) >= 11 is 0. The minimum Gasteiger partial charge on any atom is -0.495 e. The fourth-order valence-corrected chi connectivity index (χ4v) is 5.28. The van der Waals surface area contributed by atoms with Gasteiger partial charge in [0.25, 0.3) is 0 Å². The molecular weight excluding hydrogens is 368 g/mol. The second-order valence-corrected chi connectivity index (χ2v) is 8.99. The van der Waals surface area contributed by atoms with Crippen molar-refractivity contribution >= 4 is 10.0 Å². The lowest BCUT2D eigenvalue weighted by Crippen LogP contribution is -2.40. The highest BCUT2D eigenvalue weighted by Gasteiger charge is 2.35. The monoisotopic (exact) mass is 394 g/mol. The van der Waals surface area contributed by atoms with Crippen molar-refractivity contribution in [2.75, 3.05) is 20.2 Å². The lowest BCUT2D eigenvalue weighted by atomic mass is 9.98. The Balaban J connectivity index is 1.96. The minimum absolute atomic E-state index is 0.0394. The highest BCUT2D eigenvalue weighted by atomic mass is 32.2. The Hall–Kier alpha value is -2.13. The third kappa shape index (κ3) is 3.53. The Morgan fingerprint density at radius 3 is 2.63 bits per heavy atom. The quantitative estimate of drug-likeness (QED) is 0.771. The van der Waals surface area contributed by atoms with Gasteiger partial charge in [-0.1, -0.05) is 12.1 Å². The van der Waals surface area contributed by atoms with Crippen LogP contribution in [0.2, 0.25) is 0 Å². The fourth-order valence-electron chi connectivity index (χ4n) is 3.60. The van der Waals surface area contributed by atoms with Crippen LogP contribution in [-0.2, 0) is 17.1 Å². The lowest BCUT2D eigenvalue weighted by Gasteiger charge is -2.32. The molecule has 1 aliphatic rings. The molecule has 0 amide bonds. The van der Waals surface area contributed by atoms with Gasteiger partial charge in [0, 0.05) is 32.1 Å². The van der Waals surface area contributed by atoms with E-state index < -0.39 is 10.0 Å². The largest absolute Gasteiger partial charge is 0.495 e. The van der Waals surface area contributed by atoms with Crippen LogP contribution in [0.3, 0.4) is 0 Å². The molecule has 8 nitrogen and oxygen atoms in total. The molecule has 1 atom stereocenters. The molecule has 27 heavy (non-hydrogen) atoms. The van der Waals surface area contributed by atoms with E-state index in [0.717, 1.165) is 6.42 Å². The maximum Gasteiger partial charge on any atom is 0.345 e. The van der Waals surface area contributed by atoms with Gasteiger partial charge in [0.05, 0.1) is 7.11 Å². The van der Waals surface area contributed by atoms with Crippen LogP contribution in [0, 0.1) is 0 Å². The Morgan fingerprint density at radius 2 is 1.96 bits per heavy atom. The molecular formula is C18H26N4O4S. The third-order valence-electron chi connectivity index (χ3n) is 4.93. The lowest BCUT2D eigenvalue weighted by molar-refractivity contribution is 0.300. The Labute approximate surface area is 159 Å². The first-order chi connectivity index (χ1) is 12.8. The molecule has 9 heteroatoms. The van der Waals surface area contributed by atoms with Crippen LogP contribution >= 0.6 is 0 Å². The van der Waals surface area contributed by atoms with E-state index in [1.165, 1.54) is 16.1 Å². The van der Waals surface area contributed by atoms with Crippen molar-refractivity contribution in [3.8, 4) is 5.75 Å². The van der Waals surface area contributed by atoms with Gasteiger partial charge in [-0.2, -0.15) is 9.40 Å². The van der Waals surface area contributed by atoms with E-state index in [1.807, 2.05) is 13.8 Å². The molecule has 2 aromatic rings. The van der Waals surface area contributed by atoms with Crippen LogP contribution in [0.4, 0.5) is 0 Å². The number of methoxy groups -OCH3 is 1. The molecule has 1 saturated heterocycles. The van der Waals surface area contributed by atoms with Crippen molar-refractivity contribution in [1.82, 2.24) is 18.7 Å². The van der Waals surface area contributed by atoms with Crippen molar-refractivity contribution in [3.05, 3.63) is 40.6 Å². The minimum atomic E-state index is -3.70. The van der Waals surface area contributed by atoms with Crippen LogP contribution in [-0.4, -0.2) is 47.3 Å². The average molecular weight is 394 g/mol. The molecule has 0 saturated carbocycles. The fraction of sp³-hybridized carbons (Fsp3) is 0.556. The topological polar surface area (TPSA) is 86.4 Å². The predicted octanol–water partition coefficient (Wildman–Crippen LogP) is 1.74. The van der Waals surface area contributed by atoms with Gasteiger partial charge in [0.2, 0.25) is 10.0 Å². The van der Waals surface area contributed by atoms with E-state index in [1.54, 1.807) is 35.9 Å². The molecule has 0 N–H and O–H groups in total. The van der Waals surface area contributed by atoms with Crippen molar-refractivity contribution in [3.63, 3.8) is 0 Å². The van der Waals surface area contributed by atoms with E-state index in [9.17, 15) is 13.2 Å². The van der Waals surface area contributed by atoms with E-state index in [0.29, 0.717) is 31.1 Å². The number of sulfonamides is 1. The molecule has 0 spiro atoms. The van der Waals surface area contributed by atoms with Gasteiger partial charge in [0.1, 0.15) is 16.5 Å². The van der Waals surface area contributed by atoms with Gasteiger partial charge in [-0.3, -0.25) is 4.57 Å². The van der Waals surface area contributed by atoms with E-state index >= 15 is 0 Å². The smallest absolute Gasteiger partial charge is 0.345 e. The number of benzene rings is 1. The number of nitrogens with zero attached hydrogens (tertiary/aromatic N) is 4. The molecule has 1 aromatic carbocycles. The van der Waals surface area contributed by atoms with Crippen molar-refractivity contribution in [2.45, 2.75) is 43.5 Å². The molecule has 1 aliphatic heterocycles. The van der Waals surface area contributed by atoms with Crippen LogP contribution in [0.1, 0.15) is 44.5 Å². The first-order valence-corrected chi connectivity index (χ1v) is 10.5. The van der Waals surface area contributed by atoms with Crippen LogP contribution < -0.4 is 10.4 Å². The second-order valence-electron chi connectivity index (χ2n) is 7.08. The molecule has 1 aromatic heterocycles. The van der Waals surface area contributed by atoms with Gasteiger partial charge in [-0.15, -0.1) is 0 Å². The number of aryl methyl sites for hydroxylation is 1. The van der Waals surface area contributed by atoms with Gasteiger partial charge in [0.15, 0.2) is 0 Å². The Morgan fingerprint density at radius 1 is 1.26 bits per heavy atom. The maximum atomic E-state index is 13.2. The molecule has 2 heterocycles. The molecule has 1 fully saturated rings. The summed E-state index contributed by atoms with van der Waals surface area (Å²) in [5, 5.41) is 4.40.